The van der Waals surface area contributed by atoms with Crippen LogP contribution in [0, 0.1) is 0 Å². The number of likely N-dealkylation sites (N-methyl/N-ethyl adjacent to an activating group) is 1. The van der Waals surface area contributed by atoms with Crippen molar-refractivity contribution < 1.29 is 9.53 Å². The third-order valence-electron chi connectivity index (χ3n) is 4.41. The van der Waals surface area contributed by atoms with Gasteiger partial charge >= 0.3 is 5.97 Å². The van der Waals surface area contributed by atoms with Crippen molar-refractivity contribution in [2.24, 2.45) is 0 Å². The van der Waals surface area contributed by atoms with E-state index in [9.17, 15) is 4.79 Å². The van der Waals surface area contributed by atoms with Crippen molar-refractivity contribution >= 4 is 29.5 Å². The first-order chi connectivity index (χ1) is 13.2. The number of ether oxygens (including phenoxy) is 1. The highest BCUT2D eigenvalue weighted by Crippen LogP contribution is 2.42. The second-order valence-corrected chi connectivity index (χ2v) is 8.55. The molecule has 0 saturated carbocycles. The molecule has 0 aliphatic carbocycles. The molecule has 0 radical (unpaired) electrons. The Morgan fingerprint density at radius 1 is 0.963 bits per heavy atom. The Hall–Kier alpha value is -1.69. The van der Waals surface area contributed by atoms with Crippen molar-refractivity contribution in [1.82, 2.24) is 4.90 Å². The van der Waals surface area contributed by atoms with Gasteiger partial charge in [-0.25, -0.2) is 0 Å². The Morgan fingerprint density at radius 2 is 1.52 bits per heavy atom. The van der Waals surface area contributed by atoms with E-state index in [1.807, 2.05) is 19.1 Å². The molecule has 27 heavy (non-hydrogen) atoms. The molecule has 0 aromatic heterocycles. The molecule has 1 heterocycles. The molecular weight excluding hydrogens is 374 g/mol. The maximum atomic E-state index is 12.5. The largest absolute Gasteiger partial charge is 0.465 e. The number of nitrogens with zero attached hydrogens (tertiary/aromatic N) is 1. The average Bonchev–Trinajstić information content (AvgIpc) is 2.70. The molecule has 0 N–H and O–H groups in total. The molecule has 1 aliphatic heterocycles. The van der Waals surface area contributed by atoms with Gasteiger partial charge in [-0.2, -0.15) is 0 Å². The van der Waals surface area contributed by atoms with E-state index >= 15 is 0 Å². The minimum Gasteiger partial charge on any atom is -0.465 e. The van der Waals surface area contributed by atoms with Crippen LogP contribution in [-0.4, -0.2) is 36.6 Å². The van der Waals surface area contributed by atoms with Crippen molar-refractivity contribution in [3.8, 4) is 0 Å². The van der Waals surface area contributed by atoms with Gasteiger partial charge in [0.1, 0.15) is 6.04 Å². The molecule has 1 unspecified atom stereocenters. The van der Waals surface area contributed by atoms with Crippen LogP contribution in [0.25, 0.3) is 0 Å². The summed E-state index contributed by atoms with van der Waals surface area (Å²) < 4.78 is 5.35. The zero-order chi connectivity index (χ0) is 19.1. The summed E-state index contributed by atoms with van der Waals surface area (Å²) in [6, 6.07) is 20.6. The Bertz CT molecular complexity index is 777. The van der Waals surface area contributed by atoms with Crippen LogP contribution in [0.5, 0.6) is 0 Å². The van der Waals surface area contributed by atoms with Gasteiger partial charge in [0.15, 0.2) is 0 Å². The number of carbonyl (C=O) groups excluding carboxylic acids is 1. The standard InChI is InChI=1S/C22H25NO2S2/c1-3-23-16-21(27-18-13-9-6-10-14-18)20(15-19(23)22(24)25-4-2)26-17-11-7-5-8-12-17/h5-14,19H,3-4,15-16H2,1-2H3. The van der Waals surface area contributed by atoms with Gasteiger partial charge in [-0.15, -0.1) is 0 Å². The van der Waals surface area contributed by atoms with Crippen molar-refractivity contribution in [2.45, 2.75) is 36.1 Å². The lowest BCUT2D eigenvalue weighted by molar-refractivity contribution is -0.149. The highest BCUT2D eigenvalue weighted by atomic mass is 32.2. The monoisotopic (exact) mass is 399 g/mol. The van der Waals surface area contributed by atoms with Crippen molar-refractivity contribution in [3.05, 3.63) is 70.5 Å². The van der Waals surface area contributed by atoms with Crippen LogP contribution >= 0.6 is 23.5 Å². The lowest BCUT2D eigenvalue weighted by Gasteiger charge is -2.35. The molecule has 0 amide bonds. The van der Waals surface area contributed by atoms with Gasteiger partial charge in [0.05, 0.1) is 6.61 Å². The molecule has 1 aliphatic rings. The third kappa shape index (κ3) is 5.41. The summed E-state index contributed by atoms with van der Waals surface area (Å²) >= 11 is 3.57. The smallest absolute Gasteiger partial charge is 0.323 e. The van der Waals surface area contributed by atoms with Crippen LogP contribution in [-0.2, 0) is 9.53 Å². The summed E-state index contributed by atoms with van der Waals surface area (Å²) in [5.41, 5.74) is 0. The van der Waals surface area contributed by atoms with E-state index in [0.717, 1.165) is 13.1 Å². The SMILES string of the molecule is CCOC(=O)C1CC(Sc2ccccc2)=C(Sc2ccccc2)CN1CC. The summed E-state index contributed by atoms with van der Waals surface area (Å²) in [6.45, 7) is 5.99. The minimum absolute atomic E-state index is 0.116. The van der Waals surface area contributed by atoms with Gasteiger partial charge < -0.3 is 4.74 Å². The van der Waals surface area contributed by atoms with Gasteiger partial charge in [0, 0.05) is 32.6 Å². The summed E-state index contributed by atoms with van der Waals surface area (Å²) in [6.07, 6.45) is 0.696. The van der Waals surface area contributed by atoms with Gasteiger partial charge in [0.2, 0.25) is 0 Å². The van der Waals surface area contributed by atoms with Gasteiger partial charge in [-0.3, -0.25) is 9.69 Å². The van der Waals surface area contributed by atoms with E-state index in [-0.39, 0.29) is 12.0 Å². The highest BCUT2D eigenvalue weighted by Gasteiger charge is 2.33. The Kier molecular flexibility index (Phi) is 7.44. The van der Waals surface area contributed by atoms with Crippen LogP contribution in [0.1, 0.15) is 20.3 Å². The number of hydrogen-bond donors (Lipinski definition) is 0. The zero-order valence-corrected chi connectivity index (χ0v) is 17.4. The Labute approximate surface area is 170 Å². The van der Waals surface area contributed by atoms with Crippen LogP contribution in [0.15, 0.2) is 80.3 Å². The predicted octanol–water partition coefficient (Wildman–Crippen LogP) is 5.44. The minimum atomic E-state index is -0.207. The highest BCUT2D eigenvalue weighted by molar-refractivity contribution is 8.06. The fraction of sp³-hybridized carbons (Fsp3) is 0.318. The number of benzene rings is 2. The van der Waals surface area contributed by atoms with E-state index in [4.69, 9.17) is 4.74 Å². The number of hydrogen-bond acceptors (Lipinski definition) is 5. The lowest BCUT2D eigenvalue weighted by Crippen LogP contribution is -2.45. The molecule has 142 valence electrons. The number of rotatable bonds is 7. The molecule has 2 aromatic rings. The van der Waals surface area contributed by atoms with Crippen LogP contribution in [0.4, 0.5) is 0 Å². The molecule has 3 rings (SSSR count). The topological polar surface area (TPSA) is 29.5 Å². The normalized spacial score (nSPS) is 17.8. The van der Waals surface area contributed by atoms with Gasteiger partial charge in [0.25, 0.3) is 0 Å². The number of thioether (sulfide) groups is 2. The molecule has 1 atom stereocenters. The molecule has 0 fully saturated rings. The third-order valence-corrected chi connectivity index (χ3v) is 6.84. The molecule has 0 bridgehead atoms. The van der Waals surface area contributed by atoms with E-state index < -0.39 is 0 Å². The average molecular weight is 400 g/mol. The molecule has 2 aromatic carbocycles. The number of carbonyl (C=O) groups is 1. The molecule has 0 spiro atoms. The van der Waals surface area contributed by atoms with Crippen molar-refractivity contribution in [1.29, 1.82) is 0 Å². The van der Waals surface area contributed by atoms with E-state index in [2.05, 4.69) is 60.4 Å². The Balaban J connectivity index is 1.91. The van der Waals surface area contributed by atoms with Gasteiger partial charge in [-0.05, 0) is 37.7 Å². The van der Waals surface area contributed by atoms with Crippen molar-refractivity contribution in [2.75, 3.05) is 19.7 Å². The first-order valence-corrected chi connectivity index (χ1v) is 10.9. The van der Waals surface area contributed by atoms with Crippen molar-refractivity contribution in [3.63, 3.8) is 0 Å². The predicted molar refractivity (Wildman–Crippen MR) is 114 cm³/mol. The van der Waals surface area contributed by atoms with E-state index in [1.165, 1.54) is 19.6 Å². The summed E-state index contributed by atoms with van der Waals surface area (Å²) in [4.78, 5) is 19.8. The molecule has 3 nitrogen and oxygen atoms in total. The van der Waals surface area contributed by atoms with Crippen LogP contribution in [0.3, 0.4) is 0 Å². The first kappa shape index (κ1) is 20.1. The summed E-state index contributed by atoms with van der Waals surface area (Å²) in [5.74, 6) is -0.116. The summed E-state index contributed by atoms with van der Waals surface area (Å²) in [5, 5.41) is 0. The molecule has 0 saturated heterocycles. The number of esters is 1. The summed E-state index contributed by atoms with van der Waals surface area (Å²) in [7, 11) is 0. The van der Waals surface area contributed by atoms with E-state index in [0.29, 0.717) is 13.0 Å². The Morgan fingerprint density at radius 3 is 2.04 bits per heavy atom. The van der Waals surface area contributed by atoms with Crippen LogP contribution in [0.2, 0.25) is 0 Å². The second-order valence-electron chi connectivity index (χ2n) is 6.21. The quantitative estimate of drug-likeness (QED) is 0.578. The second kappa shape index (κ2) is 10.0. The maximum Gasteiger partial charge on any atom is 0.323 e. The molecule has 5 heteroatoms. The fourth-order valence-corrected chi connectivity index (χ4v) is 5.31. The van der Waals surface area contributed by atoms with E-state index in [1.54, 1.807) is 23.5 Å². The fourth-order valence-electron chi connectivity index (χ4n) is 3.05. The lowest BCUT2D eigenvalue weighted by atomic mass is 10.1. The zero-order valence-electron chi connectivity index (χ0n) is 15.8. The molecular formula is C22H25NO2S2. The first-order valence-electron chi connectivity index (χ1n) is 9.29. The van der Waals surface area contributed by atoms with Crippen LogP contribution < -0.4 is 0 Å². The van der Waals surface area contributed by atoms with Gasteiger partial charge in [-0.1, -0.05) is 66.8 Å². The maximum absolute atomic E-state index is 12.5.